The second-order valence-electron chi connectivity index (χ2n) is 7.80. The monoisotopic (exact) mass is 354 g/mol. The van der Waals surface area contributed by atoms with Gasteiger partial charge in [-0.25, -0.2) is 0 Å². The van der Waals surface area contributed by atoms with E-state index in [4.69, 9.17) is 4.74 Å². The topological polar surface area (TPSA) is 46.5 Å². The minimum absolute atomic E-state index is 0.163. The van der Waals surface area contributed by atoms with E-state index in [1.165, 1.54) is 10.4 Å². The largest absolute Gasteiger partial charge is 0.460 e. The van der Waals surface area contributed by atoms with Crippen molar-refractivity contribution < 1.29 is 14.6 Å². The summed E-state index contributed by atoms with van der Waals surface area (Å²) in [4.78, 5) is 11.7. The normalized spacial score (nSPS) is 19.5. The van der Waals surface area contributed by atoms with Crippen LogP contribution in [0.5, 0.6) is 0 Å². The number of rotatable bonds is 4. The smallest absolute Gasteiger partial charge is 0.306 e. The van der Waals surface area contributed by atoms with Crippen LogP contribution in [0.2, 0.25) is 5.04 Å². The number of aliphatic hydroxyl groups is 1. The van der Waals surface area contributed by atoms with Gasteiger partial charge in [-0.2, -0.15) is 0 Å². The highest BCUT2D eigenvalue weighted by Gasteiger charge is 2.56. The van der Waals surface area contributed by atoms with Gasteiger partial charge in [-0.15, -0.1) is 0 Å². The van der Waals surface area contributed by atoms with Crippen LogP contribution >= 0.6 is 0 Å². The molecule has 0 spiro atoms. The van der Waals surface area contributed by atoms with Gasteiger partial charge in [0.25, 0.3) is 0 Å². The molecule has 3 nitrogen and oxygen atoms in total. The Morgan fingerprint density at radius 3 is 1.84 bits per heavy atom. The van der Waals surface area contributed by atoms with E-state index in [-0.39, 0.29) is 11.0 Å². The van der Waals surface area contributed by atoms with Crippen molar-refractivity contribution in [1.82, 2.24) is 0 Å². The summed E-state index contributed by atoms with van der Waals surface area (Å²) in [6.45, 7) is 6.58. The third-order valence-electron chi connectivity index (χ3n) is 5.35. The van der Waals surface area contributed by atoms with Gasteiger partial charge >= 0.3 is 5.97 Å². The maximum Gasteiger partial charge on any atom is 0.306 e. The van der Waals surface area contributed by atoms with Gasteiger partial charge in [-0.05, 0) is 11.5 Å². The molecule has 3 rings (SSSR count). The molecule has 0 radical (unpaired) electrons. The van der Waals surface area contributed by atoms with E-state index in [9.17, 15) is 9.90 Å². The first-order chi connectivity index (χ1) is 11.9. The Kier molecular flexibility index (Phi) is 4.85. The fourth-order valence-corrected chi connectivity index (χ4v) is 10.1. The molecular formula is C21H26O3Si. The molecule has 1 N–H and O–H groups in total. The fourth-order valence-electron chi connectivity index (χ4n) is 4.27. The van der Waals surface area contributed by atoms with Crippen molar-refractivity contribution in [2.45, 2.75) is 50.5 Å². The summed E-state index contributed by atoms with van der Waals surface area (Å²) in [5, 5.41) is 13.8. The van der Waals surface area contributed by atoms with Gasteiger partial charge in [0.15, 0.2) is 8.07 Å². The maximum atomic E-state index is 11.7. The van der Waals surface area contributed by atoms with Crippen LogP contribution in [0.4, 0.5) is 0 Å². The summed E-state index contributed by atoms with van der Waals surface area (Å²) in [5.41, 5.74) is -0.691. The average Bonchev–Trinajstić information content (AvgIpc) is 3.02. The van der Waals surface area contributed by atoms with Crippen molar-refractivity contribution in [3.63, 3.8) is 0 Å². The van der Waals surface area contributed by atoms with Crippen molar-refractivity contribution >= 4 is 24.4 Å². The van der Waals surface area contributed by atoms with Gasteiger partial charge in [0.05, 0.1) is 5.73 Å². The number of benzene rings is 2. The Balaban J connectivity index is 2.24. The lowest BCUT2D eigenvalue weighted by Crippen LogP contribution is -2.74. The molecule has 0 bridgehead atoms. The van der Waals surface area contributed by atoms with Gasteiger partial charge in [-0.1, -0.05) is 91.8 Å². The SMILES string of the molecule is CC(C)(C)[Si](c1ccccc1)(c1ccccc1)C(O)C1CCC(=O)O1. The minimum Gasteiger partial charge on any atom is -0.460 e. The second kappa shape index (κ2) is 6.77. The molecule has 0 saturated carbocycles. The molecule has 0 aliphatic carbocycles. The average molecular weight is 355 g/mol. The van der Waals surface area contributed by atoms with Crippen LogP contribution in [0, 0.1) is 0 Å². The summed E-state index contributed by atoms with van der Waals surface area (Å²) < 4.78 is 5.51. The molecule has 0 amide bonds. The molecule has 2 unspecified atom stereocenters. The van der Waals surface area contributed by atoms with Crippen LogP contribution in [-0.2, 0) is 9.53 Å². The second-order valence-corrected chi connectivity index (χ2v) is 12.7. The highest BCUT2D eigenvalue weighted by molar-refractivity contribution is 7.05. The van der Waals surface area contributed by atoms with Crippen LogP contribution in [-0.4, -0.2) is 31.0 Å². The van der Waals surface area contributed by atoms with Crippen LogP contribution in [0.3, 0.4) is 0 Å². The quantitative estimate of drug-likeness (QED) is 0.678. The lowest BCUT2D eigenvalue weighted by molar-refractivity contribution is -0.143. The van der Waals surface area contributed by atoms with Gasteiger partial charge < -0.3 is 9.84 Å². The maximum absolute atomic E-state index is 11.7. The summed E-state index contributed by atoms with van der Waals surface area (Å²) in [6, 6.07) is 20.6. The highest BCUT2D eigenvalue weighted by atomic mass is 28.3. The van der Waals surface area contributed by atoms with Crippen LogP contribution in [0.1, 0.15) is 33.6 Å². The number of carbonyl (C=O) groups is 1. The Morgan fingerprint density at radius 2 is 1.48 bits per heavy atom. The first-order valence-electron chi connectivity index (χ1n) is 8.86. The summed E-state index contributed by atoms with van der Waals surface area (Å²) in [6.07, 6.45) is 0.545. The Bertz CT molecular complexity index is 682. The molecule has 1 aliphatic rings. The first kappa shape index (κ1) is 17.9. The molecule has 2 aromatic carbocycles. The molecule has 1 fully saturated rings. The third kappa shape index (κ3) is 3.05. The molecule has 1 aliphatic heterocycles. The van der Waals surface area contributed by atoms with Gasteiger partial charge in [0.1, 0.15) is 6.10 Å². The lowest BCUT2D eigenvalue weighted by atomic mass is 10.2. The molecule has 2 aromatic rings. The molecule has 4 heteroatoms. The number of cyclic esters (lactones) is 1. The number of carbonyl (C=O) groups excluding carboxylic acids is 1. The standard InChI is InChI=1S/C21H26O3Si/c1-21(2,3)25(16-10-6-4-7-11-16,17-12-8-5-9-13-17)20(23)18-14-15-19(22)24-18/h4-13,18,20,23H,14-15H2,1-3H3. The molecule has 2 atom stereocenters. The fraction of sp³-hybridized carbons (Fsp3) is 0.381. The van der Waals surface area contributed by atoms with E-state index >= 15 is 0 Å². The molecular weight excluding hydrogens is 328 g/mol. The zero-order valence-electron chi connectivity index (χ0n) is 15.1. The summed E-state index contributed by atoms with van der Waals surface area (Å²) >= 11 is 0. The van der Waals surface area contributed by atoms with Crippen molar-refractivity contribution in [1.29, 1.82) is 0 Å². The van der Waals surface area contributed by atoms with E-state index < -0.39 is 19.9 Å². The van der Waals surface area contributed by atoms with Crippen molar-refractivity contribution in [3.8, 4) is 0 Å². The number of esters is 1. The van der Waals surface area contributed by atoms with E-state index in [1.807, 2.05) is 36.4 Å². The first-order valence-corrected chi connectivity index (χ1v) is 10.9. The third-order valence-corrected chi connectivity index (χ3v) is 11.5. The number of aliphatic hydroxyl groups excluding tert-OH is 1. The molecule has 0 aromatic heterocycles. The zero-order chi connectivity index (χ0) is 18.1. The van der Waals surface area contributed by atoms with Crippen molar-refractivity contribution in [2.75, 3.05) is 0 Å². The minimum atomic E-state index is -2.67. The van der Waals surface area contributed by atoms with Gasteiger partial charge in [0.2, 0.25) is 0 Å². The lowest BCUT2D eigenvalue weighted by Gasteiger charge is -2.48. The highest BCUT2D eigenvalue weighted by Crippen LogP contribution is 2.40. The van der Waals surface area contributed by atoms with E-state index in [1.54, 1.807) is 0 Å². The Labute approximate surface area is 150 Å². The van der Waals surface area contributed by atoms with Crippen LogP contribution in [0.25, 0.3) is 0 Å². The van der Waals surface area contributed by atoms with Gasteiger partial charge in [-0.3, -0.25) is 4.79 Å². The Hall–Kier alpha value is -1.91. The molecule has 132 valence electrons. The molecule has 1 saturated heterocycles. The number of hydrogen-bond acceptors (Lipinski definition) is 3. The van der Waals surface area contributed by atoms with Crippen LogP contribution < -0.4 is 10.4 Å². The van der Waals surface area contributed by atoms with E-state index in [0.717, 1.165) is 0 Å². The zero-order valence-corrected chi connectivity index (χ0v) is 16.1. The van der Waals surface area contributed by atoms with E-state index in [2.05, 4.69) is 45.0 Å². The predicted molar refractivity (Wildman–Crippen MR) is 103 cm³/mol. The van der Waals surface area contributed by atoms with Crippen molar-refractivity contribution in [2.24, 2.45) is 0 Å². The van der Waals surface area contributed by atoms with Crippen molar-refractivity contribution in [3.05, 3.63) is 60.7 Å². The molecule has 25 heavy (non-hydrogen) atoms. The Morgan fingerprint density at radius 1 is 1.00 bits per heavy atom. The number of ether oxygens (including phenoxy) is 1. The molecule has 1 heterocycles. The summed E-state index contributed by atoms with van der Waals surface area (Å²) in [5.74, 6) is -0.206. The van der Waals surface area contributed by atoms with Crippen LogP contribution in [0.15, 0.2) is 60.7 Å². The predicted octanol–water partition coefficient (Wildman–Crippen LogP) is 2.66. The number of hydrogen-bond donors (Lipinski definition) is 1. The summed E-state index contributed by atoms with van der Waals surface area (Å²) in [7, 11) is -2.67. The van der Waals surface area contributed by atoms with Gasteiger partial charge in [0, 0.05) is 6.42 Å². The van der Waals surface area contributed by atoms with E-state index in [0.29, 0.717) is 12.8 Å².